The summed E-state index contributed by atoms with van der Waals surface area (Å²) in [4.78, 5) is 11.3. The second-order valence-electron chi connectivity index (χ2n) is 5.11. The van der Waals surface area contributed by atoms with Crippen LogP contribution in [0.4, 0.5) is 0 Å². The minimum absolute atomic E-state index is 0.187. The molecule has 16 heavy (non-hydrogen) atoms. The van der Waals surface area contributed by atoms with Crippen molar-refractivity contribution in [3.8, 4) is 6.07 Å². The van der Waals surface area contributed by atoms with Crippen molar-refractivity contribution in [2.45, 2.75) is 26.2 Å². The molecular formula is C13H17NO2. The van der Waals surface area contributed by atoms with Crippen molar-refractivity contribution < 1.29 is 9.53 Å². The van der Waals surface area contributed by atoms with Crippen molar-refractivity contribution in [3.05, 3.63) is 12.2 Å². The maximum absolute atomic E-state index is 11.3. The van der Waals surface area contributed by atoms with Gasteiger partial charge in [0.25, 0.3) is 0 Å². The van der Waals surface area contributed by atoms with Crippen LogP contribution in [0, 0.1) is 35.0 Å². The summed E-state index contributed by atoms with van der Waals surface area (Å²) in [5.74, 6) is 1.41. The van der Waals surface area contributed by atoms with Crippen molar-refractivity contribution >= 4 is 5.97 Å². The molecule has 0 spiro atoms. The van der Waals surface area contributed by atoms with Gasteiger partial charge in [0.2, 0.25) is 0 Å². The minimum atomic E-state index is -0.309. The molecule has 0 aromatic rings. The third kappa shape index (κ3) is 1.97. The quantitative estimate of drug-likeness (QED) is 0.540. The zero-order valence-electron chi connectivity index (χ0n) is 9.61. The highest BCUT2D eigenvalue weighted by Gasteiger charge is 2.46. The first-order valence-corrected chi connectivity index (χ1v) is 5.84. The normalized spacial score (nSPS) is 35.8. The molecule has 2 saturated carbocycles. The smallest absolute Gasteiger partial charge is 0.333 e. The van der Waals surface area contributed by atoms with Gasteiger partial charge in [0.05, 0.1) is 12.7 Å². The van der Waals surface area contributed by atoms with Gasteiger partial charge in [-0.3, -0.25) is 0 Å². The molecule has 0 radical (unpaired) electrons. The lowest BCUT2D eigenvalue weighted by molar-refractivity contribution is -0.140. The van der Waals surface area contributed by atoms with Crippen LogP contribution in [0.3, 0.4) is 0 Å². The number of esters is 1. The van der Waals surface area contributed by atoms with E-state index in [2.05, 4.69) is 12.6 Å². The minimum Gasteiger partial charge on any atom is -0.462 e. The van der Waals surface area contributed by atoms with Gasteiger partial charge >= 0.3 is 5.97 Å². The molecule has 4 unspecified atom stereocenters. The Kier molecular flexibility index (Phi) is 3.00. The largest absolute Gasteiger partial charge is 0.462 e. The van der Waals surface area contributed by atoms with Gasteiger partial charge in [0.1, 0.15) is 0 Å². The highest BCUT2D eigenvalue weighted by Crippen LogP contribution is 2.51. The average molecular weight is 219 g/mol. The third-order valence-electron chi connectivity index (χ3n) is 3.89. The van der Waals surface area contributed by atoms with Crippen LogP contribution < -0.4 is 0 Å². The van der Waals surface area contributed by atoms with Crippen LogP contribution in [0.25, 0.3) is 0 Å². The Balaban J connectivity index is 1.86. The number of nitrogens with zero attached hydrogens (tertiary/aromatic N) is 1. The highest BCUT2D eigenvalue weighted by atomic mass is 16.5. The van der Waals surface area contributed by atoms with Crippen LogP contribution in [0.2, 0.25) is 0 Å². The van der Waals surface area contributed by atoms with E-state index >= 15 is 0 Å². The van der Waals surface area contributed by atoms with E-state index in [-0.39, 0.29) is 11.9 Å². The predicted molar refractivity (Wildman–Crippen MR) is 59.2 cm³/mol. The molecule has 3 heteroatoms. The van der Waals surface area contributed by atoms with Crippen molar-refractivity contribution in [2.24, 2.45) is 23.7 Å². The van der Waals surface area contributed by atoms with Gasteiger partial charge in [-0.15, -0.1) is 0 Å². The van der Waals surface area contributed by atoms with Gasteiger partial charge in [-0.1, -0.05) is 6.58 Å². The summed E-state index contributed by atoms with van der Waals surface area (Å²) in [7, 11) is 0. The lowest BCUT2D eigenvalue weighted by atomic mass is 9.82. The number of rotatable bonds is 3. The summed E-state index contributed by atoms with van der Waals surface area (Å²) >= 11 is 0. The average Bonchev–Trinajstić information content (AvgIpc) is 2.84. The zero-order valence-corrected chi connectivity index (χ0v) is 9.61. The molecule has 2 aliphatic carbocycles. The fourth-order valence-electron chi connectivity index (χ4n) is 3.14. The van der Waals surface area contributed by atoms with Gasteiger partial charge in [-0.2, -0.15) is 5.26 Å². The first kappa shape index (κ1) is 11.2. The Morgan fingerprint density at radius 2 is 2.25 bits per heavy atom. The predicted octanol–water partition coefficient (Wildman–Crippen LogP) is 2.29. The Morgan fingerprint density at radius 1 is 1.50 bits per heavy atom. The second kappa shape index (κ2) is 4.29. The molecule has 2 bridgehead atoms. The van der Waals surface area contributed by atoms with E-state index in [9.17, 15) is 4.79 Å². The van der Waals surface area contributed by atoms with Gasteiger partial charge < -0.3 is 4.74 Å². The summed E-state index contributed by atoms with van der Waals surface area (Å²) < 4.78 is 5.18. The summed E-state index contributed by atoms with van der Waals surface area (Å²) in [6.45, 7) is 5.67. The molecular weight excluding hydrogens is 202 g/mol. The summed E-state index contributed by atoms with van der Waals surface area (Å²) in [5.41, 5.74) is 0.444. The number of hydrogen-bond donors (Lipinski definition) is 0. The number of hydrogen-bond acceptors (Lipinski definition) is 3. The highest BCUT2D eigenvalue weighted by molar-refractivity contribution is 5.86. The van der Waals surface area contributed by atoms with Gasteiger partial charge in [-0.25, -0.2) is 4.79 Å². The van der Waals surface area contributed by atoms with E-state index in [1.54, 1.807) is 6.92 Å². The molecule has 0 aromatic carbocycles. The molecule has 0 heterocycles. The molecule has 0 saturated heterocycles. The van der Waals surface area contributed by atoms with E-state index in [4.69, 9.17) is 10.00 Å². The van der Waals surface area contributed by atoms with Crippen molar-refractivity contribution in [1.29, 1.82) is 5.26 Å². The zero-order chi connectivity index (χ0) is 11.7. The van der Waals surface area contributed by atoms with Crippen LogP contribution in [-0.2, 0) is 9.53 Å². The maximum atomic E-state index is 11.3. The van der Waals surface area contributed by atoms with E-state index < -0.39 is 0 Å². The van der Waals surface area contributed by atoms with Crippen LogP contribution in [-0.4, -0.2) is 12.6 Å². The molecule has 0 aromatic heterocycles. The van der Waals surface area contributed by atoms with Crippen LogP contribution in [0.1, 0.15) is 26.2 Å². The molecule has 0 amide bonds. The van der Waals surface area contributed by atoms with Crippen LogP contribution in [0.15, 0.2) is 12.2 Å². The molecule has 3 nitrogen and oxygen atoms in total. The molecule has 2 rings (SSSR count). The SMILES string of the molecule is C=C(C)C(=O)OCC1CC2CC(C#N)C1C2. The van der Waals surface area contributed by atoms with Crippen molar-refractivity contribution in [2.75, 3.05) is 6.61 Å². The first-order chi connectivity index (χ1) is 7.61. The fraction of sp³-hybridized carbons (Fsp3) is 0.692. The van der Waals surface area contributed by atoms with Gasteiger partial charge in [0.15, 0.2) is 0 Å². The van der Waals surface area contributed by atoms with Gasteiger partial charge in [-0.05, 0) is 43.9 Å². The van der Waals surface area contributed by atoms with E-state index in [1.165, 1.54) is 0 Å². The molecule has 0 aliphatic heterocycles. The standard InChI is InChI=1S/C13H17NO2/c1-8(2)13(15)16-7-11-4-9-3-10(6-14)12(11)5-9/h9-12H,1,3-5,7H2,2H3. The first-order valence-electron chi connectivity index (χ1n) is 5.84. The summed E-state index contributed by atoms with van der Waals surface area (Å²) in [6.07, 6.45) is 3.31. The van der Waals surface area contributed by atoms with E-state index in [0.29, 0.717) is 29.9 Å². The lowest BCUT2D eigenvalue weighted by Gasteiger charge is -2.24. The summed E-state index contributed by atoms with van der Waals surface area (Å²) in [5, 5.41) is 9.00. The number of fused-ring (bicyclic) bond motifs is 2. The maximum Gasteiger partial charge on any atom is 0.333 e. The monoisotopic (exact) mass is 219 g/mol. The van der Waals surface area contributed by atoms with Crippen LogP contribution >= 0.6 is 0 Å². The molecule has 2 aliphatic rings. The Morgan fingerprint density at radius 3 is 2.81 bits per heavy atom. The van der Waals surface area contributed by atoms with E-state index in [1.807, 2.05) is 0 Å². The number of nitriles is 1. The van der Waals surface area contributed by atoms with Crippen molar-refractivity contribution in [3.63, 3.8) is 0 Å². The van der Waals surface area contributed by atoms with Crippen LogP contribution in [0.5, 0.6) is 0 Å². The number of carbonyl (C=O) groups is 1. The summed E-state index contributed by atoms with van der Waals surface area (Å²) in [6, 6.07) is 2.38. The Labute approximate surface area is 96.1 Å². The number of ether oxygens (including phenoxy) is 1. The second-order valence-corrected chi connectivity index (χ2v) is 5.11. The molecule has 2 fully saturated rings. The third-order valence-corrected chi connectivity index (χ3v) is 3.89. The fourth-order valence-corrected chi connectivity index (χ4v) is 3.14. The van der Waals surface area contributed by atoms with Gasteiger partial charge in [0, 0.05) is 11.5 Å². The molecule has 4 atom stereocenters. The molecule has 86 valence electrons. The topological polar surface area (TPSA) is 50.1 Å². The van der Waals surface area contributed by atoms with E-state index in [0.717, 1.165) is 19.3 Å². The number of carbonyl (C=O) groups excluding carboxylic acids is 1. The molecule has 0 N–H and O–H groups in total. The Hall–Kier alpha value is -1.30. The lowest BCUT2D eigenvalue weighted by Crippen LogP contribution is -2.24. The Bertz CT molecular complexity index is 355. The van der Waals surface area contributed by atoms with Crippen molar-refractivity contribution in [1.82, 2.24) is 0 Å².